The number of carbonyl (C=O) groups is 1. The highest BCUT2D eigenvalue weighted by Crippen LogP contribution is 2.31. The molecule has 2 N–H and O–H groups in total. The van der Waals surface area contributed by atoms with Gasteiger partial charge in [0.15, 0.2) is 0 Å². The van der Waals surface area contributed by atoms with Crippen LogP contribution in [0.2, 0.25) is 0 Å². The zero-order chi connectivity index (χ0) is 14.8. The highest BCUT2D eigenvalue weighted by Gasteiger charge is 2.30. The molecule has 2 aliphatic rings. The van der Waals surface area contributed by atoms with Gasteiger partial charge in [0, 0.05) is 19.1 Å². The summed E-state index contributed by atoms with van der Waals surface area (Å²) in [6.07, 6.45) is 4.77. The number of para-hydroxylation sites is 1. The second-order valence-corrected chi connectivity index (χ2v) is 6.42. The van der Waals surface area contributed by atoms with Gasteiger partial charge in [0.2, 0.25) is 0 Å². The zero-order valence-corrected chi connectivity index (χ0v) is 12.6. The van der Waals surface area contributed by atoms with Gasteiger partial charge in [-0.3, -0.25) is 4.79 Å². The van der Waals surface area contributed by atoms with Crippen molar-refractivity contribution in [3.63, 3.8) is 0 Å². The van der Waals surface area contributed by atoms with Crippen LogP contribution >= 0.6 is 0 Å². The number of nitrogens with one attached hydrogen (secondary N) is 1. The molecule has 114 valence electrons. The Labute approximate surface area is 126 Å². The molecular weight excluding hydrogens is 264 g/mol. The smallest absolute Gasteiger partial charge is 0.257 e. The maximum atomic E-state index is 12.8. The van der Waals surface area contributed by atoms with Crippen LogP contribution < -0.4 is 5.32 Å². The predicted molar refractivity (Wildman–Crippen MR) is 82.5 cm³/mol. The molecule has 0 spiro atoms. The molecule has 1 aliphatic carbocycles. The Bertz CT molecular complexity index is 520. The Kier molecular flexibility index (Phi) is 4.15. The Morgan fingerprint density at radius 3 is 2.81 bits per heavy atom. The van der Waals surface area contributed by atoms with Gasteiger partial charge in [0.25, 0.3) is 5.91 Å². The monoisotopic (exact) mass is 288 g/mol. The van der Waals surface area contributed by atoms with Crippen molar-refractivity contribution in [3.05, 3.63) is 29.3 Å². The minimum Gasteiger partial charge on any atom is -0.507 e. The first kappa shape index (κ1) is 14.4. The summed E-state index contributed by atoms with van der Waals surface area (Å²) in [5.74, 6) is 0.752. The maximum absolute atomic E-state index is 12.8. The molecule has 0 bridgehead atoms. The quantitative estimate of drug-likeness (QED) is 0.874. The maximum Gasteiger partial charge on any atom is 0.257 e. The van der Waals surface area contributed by atoms with Crippen LogP contribution in [0.5, 0.6) is 5.75 Å². The molecule has 1 saturated carbocycles. The lowest BCUT2D eigenvalue weighted by molar-refractivity contribution is 0.0730. The van der Waals surface area contributed by atoms with Crippen molar-refractivity contribution in [1.29, 1.82) is 0 Å². The molecule has 1 unspecified atom stereocenters. The second kappa shape index (κ2) is 6.06. The second-order valence-electron chi connectivity index (χ2n) is 6.42. The number of amides is 1. The number of benzene rings is 1. The van der Waals surface area contributed by atoms with Gasteiger partial charge >= 0.3 is 0 Å². The summed E-state index contributed by atoms with van der Waals surface area (Å²) in [5, 5.41) is 13.6. The molecule has 1 saturated heterocycles. The number of aromatic hydroxyl groups is 1. The van der Waals surface area contributed by atoms with Gasteiger partial charge in [0.1, 0.15) is 5.75 Å². The van der Waals surface area contributed by atoms with Crippen molar-refractivity contribution in [2.45, 2.75) is 38.6 Å². The van der Waals surface area contributed by atoms with Crippen LogP contribution in [0.4, 0.5) is 0 Å². The lowest BCUT2D eigenvalue weighted by atomic mass is 10.1. The van der Waals surface area contributed by atoms with Crippen molar-refractivity contribution >= 4 is 5.91 Å². The van der Waals surface area contributed by atoms with Crippen LogP contribution in [0, 0.1) is 12.8 Å². The standard InChI is InChI=1S/C17H24N2O2/c1-12-4-2-6-15(16(12)20)17(21)19(10-13-7-8-13)11-14-5-3-9-18-14/h2,4,6,13-14,18,20H,3,5,7-11H2,1H3. The minimum absolute atomic E-state index is 0.0307. The molecule has 1 amide bonds. The summed E-state index contributed by atoms with van der Waals surface area (Å²) in [4.78, 5) is 14.7. The van der Waals surface area contributed by atoms with Gasteiger partial charge in [-0.15, -0.1) is 0 Å². The van der Waals surface area contributed by atoms with Crippen LogP contribution in [0.25, 0.3) is 0 Å². The van der Waals surface area contributed by atoms with E-state index in [1.807, 2.05) is 24.0 Å². The summed E-state index contributed by atoms with van der Waals surface area (Å²) in [6.45, 7) is 4.45. The first-order valence-corrected chi connectivity index (χ1v) is 7.96. The number of hydrogen-bond donors (Lipinski definition) is 2. The van der Waals surface area contributed by atoms with E-state index in [-0.39, 0.29) is 11.7 Å². The third-order valence-corrected chi connectivity index (χ3v) is 4.53. The Morgan fingerprint density at radius 2 is 2.14 bits per heavy atom. The molecule has 1 aromatic rings. The molecular formula is C17H24N2O2. The van der Waals surface area contributed by atoms with Crippen molar-refractivity contribution in [3.8, 4) is 5.75 Å². The largest absolute Gasteiger partial charge is 0.507 e. The van der Waals surface area contributed by atoms with Crippen molar-refractivity contribution in [1.82, 2.24) is 10.2 Å². The van der Waals surface area contributed by atoms with Gasteiger partial charge < -0.3 is 15.3 Å². The molecule has 21 heavy (non-hydrogen) atoms. The summed E-state index contributed by atoms with van der Waals surface area (Å²) < 4.78 is 0. The average molecular weight is 288 g/mol. The zero-order valence-electron chi connectivity index (χ0n) is 12.6. The van der Waals surface area contributed by atoms with Crippen molar-refractivity contribution < 1.29 is 9.90 Å². The van der Waals surface area contributed by atoms with Gasteiger partial charge in [-0.05, 0) is 56.7 Å². The van der Waals surface area contributed by atoms with E-state index in [1.54, 1.807) is 6.07 Å². The topological polar surface area (TPSA) is 52.6 Å². The number of phenolic OH excluding ortho intramolecular Hbond substituents is 1. The molecule has 1 atom stereocenters. The molecule has 1 aliphatic heterocycles. The lowest BCUT2D eigenvalue weighted by Crippen LogP contribution is -2.42. The number of hydrogen-bond acceptors (Lipinski definition) is 3. The SMILES string of the molecule is Cc1cccc(C(=O)N(CC2CC2)CC2CCCN2)c1O. The van der Waals surface area contributed by atoms with Crippen molar-refractivity contribution in [2.24, 2.45) is 5.92 Å². The van der Waals surface area contributed by atoms with E-state index in [1.165, 1.54) is 19.3 Å². The Hall–Kier alpha value is -1.55. The van der Waals surface area contributed by atoms with E-state index in [4.69, 9.17) is 0 Å². The van der Waals surface area contributed by atoms with E-state index >= 15 is 0 Å². The highest BCUT2D eigenvalue weighted by atomic mass is 16.3. The molecule has 1 heterocycles. The average Bonchev–Trinajstić information content (AvgIpc) is 3.14. The van der Waals surface area contributed by atoms with E-state index in [0.717, 1.165) is 31.6 Å². The number of aryl methyl sites for hydroxylation is 1. The number of carbonyl (C=O) groups excluding carboxylic acids is 1. The summed E-state index contributed by atoms with van der Waals surface area (Å²) >= 11 is 0. The highest BCUT2D eigenvalue weighted by molar-refractivity contribution is 5.97. The first-order valence-electron chi connectivity index (χ1n) is 7.96. The van der Waals surface area contributed by atoms with E-state index < -0.39 is 0 Å². The number of rotatable bonds is 5. The van der Waals surface area contributed by atoms with E-state index in [0.29, 0.717) is 17.5 Å². The predicted octanol–water partition coefficient (Wildman–Crippen LogP) is 2.30. The summed E-state index contributed by atoms with van der Waals surface area (Å²) in [7, 11) is 0. The molecule has 3 rings (SSSR count). The van der Waals surface area contributed by atoms with Crippen LogP contribution in [-0.2, 0) is 0 Å². The molecule has 4 nitrogen and oxygen atoms in total. The van der Waals surface area contributed by atoms with Gasteiger partial charge in [-0.2, -0.15) is 0 Å². The number of phenols is 1. The van der Waals surface area contributed by atoms with E-state index in [9.17, 15) is 9.90 Å². The molecule has 2 fully saturated rings. The lowest BCUT2D eigenvalue weighted by Gasteiger charge is -2.26. The third kappa shape index (κ3) is 3.38. The molecule has 0 aromatic heterocycles. The molecule has 4 heteroatoms. The van der Waals surface area contributed by atoms with Gasteiger partial charge in [-0.25, -0.2) is 0 Å². The molecule has 0 radical (unpaired) electrons. The van der Waals surface area contributed by atoms with Gasteiger partial charge in [-0.1, -0.05) is 12.1 Å². The Morgan fingerprint density at radius 1 is 1.33 bits per heavy atom. The summed E-state index contributed by atoms with van der Waals surface area (Å²) in [6, 6.07) is 5.80. The van der Waals surface area contributed by atoms with Crippen LogP contribution in [0.3, 0.4) is 0 Å². The fraction of sp³-hybridized carbons (Fsp3) is 0.588. The van der Waals surface area contributed by atoms with Crippen LogP contribution in [-0.4, -0.2) is 41.6 Å². The number of nitrogens with zero attached hydrogens (tertiary/aromatic N) is 1. The first-order chi connectivity index (χ1) is 10.1. The van der Waals surface area contributed by atoms with E-state index in [2.05, 4.69) is 5.32 Å². The van der Waals surface area contributed by atoms with Gasteiger partial charge in [0.05, 0.1) is 5.56 Å². The minimum atomic E-state index is -0.0307. The fourth-order valence-electron chi connectivity index (χ4n) is 3.03. The normalized spacial score (nSPS) is 21.5. The Balaban J connectivity index is 1.76. The van der Waals surface area contributed by atoms with Crippen molar-refractivity contribution in [2.75, 3.05) is 19.6 Å². The van der Waals surface area contributed by atoms with Crippen LogP contribution in [0.1, 0.15) is 41.6 Å². The summed E-state index contributed by atoms with van der Waals surface area (Å²) in [5.41, 5.74) is 1.19. The molecule has 1 aromatic carbocycles. The third-order valence-electron chi connectivity index (χ3n) is 4.53. The van der Waals surface area contributed by atoms with Crippen LogP contribution in [0.15, 0.2) is 18.2 Å². The fourth-order valence-corrected chi connectivity index (χ4v) is 3.03.